The normalized spacial score (nSPS) is 21.7. The SMILES string of the molecule is CCCC(NC(=O)[C@@H]1CC2CCCCC2N1C(=O)[C@@H](NC(=O)[C@@H](NC(=O)[C@H](CNC(=O)OC)NC(C)=O)C1CCCCC1)C(C)(C)C)C(=O)C(=O)N[C@@H](C)c1ccccc1. The minimum absolute atomic E-state index is 0.0312. The van der Waals surface area contributed by atoms with Gasteiger partial charge in [-0.15, -0.1) is 0 Å². The molecule has 0 bridgehead atoms. The van der Waals surface area contributed by atoms with Crippen molar-refractivity contribution in [3.8, 4) is 0 Å². The maximum atomic E-state index is 15.0. The topological polar surface area (TPSA) is 221 Å². The van der Waals surface area contributed by atoms with Crippen molar-refractivity contribution in [1.29, 1.82) is 0 Å². The highest BCUT2D eigenvalue weighted by atomic mass is 16.5. The summed E-state index contributed by atoms with van der Waals surface area (Å²) in [5, 5.41) is 16.4. The molecule has 7 amide bonds. The van der Waals surface area contributed by atoms with Crippen LogP contribution in [0.25, 0.3) is 0 Å². The summed E-state index contributed by atoms with van der Waals surface area (Å²) < 4.78 is 4.62. The number of likely N-dealkylation sites (tertiary alicyclic amines) is 1. The zero-order chi connectivity index (χ0) is 44.1. The molecule has 332 valence electrons. The number of carbonyl (C=O) groups is 8. The predicted octanol–water partition coefficient (Wildman–Crippen LogP) is 3.33. The van der Waals surface area contributed by atoms with Crippen LogP contribution in [0.15, 0.2) is 30.3 Å². The van der Waals surface area contributed by atoms with Crippen molar-refractivity contribution >= 4 is 47.3 Å². The first kappa shape index (κ1) is 47.7. The van der Waals surface area contributed by atoms with E-state index in [9.17, 15) is 33.6 Å². The lowest BCUT2D eigenvalue weighted by molar-refractivity contribution is -0.147. The van der Waals surface area contributed by atoms with Gasteiger partial charge in [0.1, 0.15) is 24.2 Å². The Labute approximate surface area is 354 Å². The van der Waals surface area contributed by atoms with Gasteiger partial charge in [0.05, 0.1) is 25.7 Å². The number of ether oxygens (including phenoxy) is 1. The number of fused-ring (bicyclic) bond motifs is 1. The van der Waals surface area contributed by atoms with Crippen molar-refractivity contribution in [2.24, 2.45) is 17.3 Å². The lowest BCUT2D eigenvalue weighted by Gasteiger charge is -2.40. The first-order valence-electron chi connectivity index (χ1n) is 21.7. The third-order valence-corrected chi connectivity index (χ3v) is 12.2. The van der Waals surface area contributed by atoms with Crippen LogP contribution >= 0.6 is 0 Å². The monoisotopic (exact) mass is 838 g/mol. The number of benzene rings is 1. The number of methoxy groups -OCH3 is 1. The summed E-state index contributed by atoms with van der Waals surface area (Å²) in [6.07, 6.45) is 7.57. The molecule has 1 heterocycles. The molecule has 6 N–H and O–H groups in total. The number of nitrogens with zero attached hydrogens (tertiary/aromatic N) is 1. The minimum Gasteiger partial charge on any atom is -0.453 e. The average Bonchev–Trinajstić information content (AvgIpc) is 3.62. The zero-order valence-electron chi connectivity index (χ0n) is 36.4. The molecule has 0 aromatic heterocycles. The summed E-state index contributed by atoms with van der Waals surface area (Å²) in [4.78, 5) is 110. The smallest absolute Gasteiger partial charge is 0.406 e. The van der Waals surface area contributed by atoms with Gasteiger partial charge in [-0.3, -0.25) is 33.6 Å². The van der Waals surface area contributed by atoms with Crippen LogP contribution in [-0.2, 0) is 38.3 Å². The van der Waals surface area contributed by atoms with E-state index in [1.807, 2.05) is 58.0 Å². The van der Waals surface area contributed by atoms with E-state index in [1.54, 1.807) is 11.8 Å². The number of alkyl carbamates (subject to hydrolysis) is 1. The third kappa shape index (κ3) is 12.7. The predicted molar refractivity (Wildman–Crippen MR) is 224 cm³/mol. The summed E-state index contributed by atoms with van der Waals surface area (Å²) >= 11 is 0. The standard InChI is InChI=1S/C44H67N7O9/c1-8-17-31(36(53)41(57)46-26(2)28-18-11-9-12-19-28)48-39(55)34-24-30-22-15-16-23-33(30)51(34)42(58)37(44(4,5)6)50-40(56)35(29-20-13-10-14-21-29)49-38(54)32(47-27(3)52)25-45-43(59)60-7/h9,11-12,18-19,26,29-35,37H,8,10,13-17,20-25H2,1-7H3,(H,45,59)(H,46,57)(H,47,52)(H,48,55)(H,49,54)(H,50,56)/t26-,30?,31?,32-,33?,34-,35-,37+/m0/s1. The highest BCUT2D eigenvalue weighted by Gasteiger charge is 2.51. The van der Waals surface area contributed by atoms with Crippen molar-refractivity contribution < 1.29 is 43.1 Å². The van der Waals surface area contributed by atoms with Crippen LogP contribution in [0.3, 0.4) is 0 Å². The number of rotatable bonds is 17. The van der Waals surface area contributed by atoms with Gasteiger partial charge in [-0.1, -0.05) is 96.6 Å². The molecule has 1 saturated heterocycles. The molecule has 60 heavy (non-hydrogen) atoms. The molecule has 16 heteroatoms. The van der Waals surface area contributed by atoms with E-state index in [4.69, 9.17) is 0 Å². The van der Waals surface area contributed by atoms with E-state index in [0.717, 1.165) is 44.1 Å². The highest BCUT2D eigenvalue weighted by molar-refractivity contribution is 6.38. The molecule has 2 saturated carbocycles. The Kier molecular flexibility index (Phi) is 17.5. The highest BCUT2D eigenvalue weighted by Crippen LogP contribution is 2.41. The first-order valence-corrected chi connectivity index (χ1v) is 21.7. The van der Waals surface area contributed by atoms with Gasteiger partial charge in [0.15, 0.2) is 0 Å². The fraction of sp³-hybridized carbons (Fsp3) is 0.682. The average molecular weight is 838 g/mol. The van der Waals surface area contributed by atoms with Crippen molar-refractivity contribution in [1.82, 2.24) is 36.8 Å². The van der Waals surface area contributed by atoms with Gasteiger partial charge in [0.25, 0.3) is 5.91 Å². The Morgan fingerprint density at radius 2 is 1.45 bits per heavy atom. The number of ketones is 1. The van der Waals surface area contributed by atoms with Crippen molar-refractivity contribution in [2.75, 3.05) is 13.7 Å². The Hall–Kier alpha value is -5.02. The fourth-order valence-electron chi connectivity index (χ4n) is 8.95. The van der Waals surface area contributed by atoms with E-state index in [0.29, 0.717) is 32.1 Å². The molecule has 1 aliphatic heterocycles. The molecule has 0 spiro atoms. The molecular formula is C44H67N7O9. The van der Waals surface area contributed by atoms with Crippen LogP contribution in [0.1, 0.15) is 130 Å². The van der Waals surface area contributed by atoms with E-state index in [1.165, 1.54) is 14.0 Å². The number of hydrogen-bond acceptors (Lipinski definition) is 9. The molecule has 1 aromatic rings. The molecule has 3 unspecified atom stereocenters. The third-order valence-electron chi connectivity index (χ3n) is 12.2. The lowest BCUT2D eigenvalue weighted by atomic mass is 9.81. The molecule has 1 aromatic carbocycles. The van der Waals surface area contributed by atoms with E-state index < -0.39 is 89.0 Å². The van der Waals surface area contributed by atoms with E-state index in [-0.39, 0.29) is 30.8 Å². The molecule has 16 nitrogen and oxygen atoms in total. The number of amides is 7. The van der Waals surface area contributed by atoms with Gasteiger partial charge in [-0.05, 0) is 68.3 Å². The summed E-state index contributed by atoms with van der Waals surface area (Å²) in [5.74, 6) is -4.55. The van der Waals surface area contributed by atoms with Crippen molar-refractivity contribution in [3.63, 3.8) is 0 Å². The largest absolute Gasteiger partial charge is 0.453 e. The first-order chi connectivity index (χ1) is 28.5. The van der Waals surface area contributed by atoms with Gasteiger partial charge in [0, 0.05) is 13.0 Å². The Balaban J connectivity index is 1.58. The summed E-state index contributed by atoms with van der Waals surface area (Å²) in [7, 11) is 1.17. The van der Waals surface area contributed by atoms with Gasteiger partial charge < -0.3 is 41.5 Å². The summed E-state index contributed by atoms with van der Waals surface area (Å²) in [6, 6.07) is 3.09. The molecule has 2 aliphatic carbocycles. The second-order valence-corrected chi connectivity index (χ2v) is 17.7. The van der Waals surface area contributed by atoms with Gasteiger partial charge in [-0.25, -0.2) is 4.79 Å². The second-order valence-electron chi connectivity index (χ2n) is 17.7. The van der Waals surface area contributed by atoms with Crippen molar-refractivity contribution in [2.45, 2.75) is 161 Å². The van der Waals surface area contributed by atoms with E-state index in [2.05, 4.69) is 36.6 Å². The lowest BCUT2D eigenvalue weighted by Crippen LogP contribution is -2.64. The van der Waals surface area contributed by atoms with Crippen LogP contribution in [0.5, 0.6) is 0 Å². The summed E-state index contributed by atoms with van der Waals surface area (Å²) in [5.41, 5.74) is -0.0218. The van der Waals surface area contributed by atoms with E-state index >= 15 is 4.79 Å². The maximum absolute atomic E-state index is 15.0. The Bertz CT molecular complexity index is 1690. The van der Waals surface area contributed by atoms with Crippen LogP contribution < -0.4 is 31.9 Å². The van der Waals surface area contributed by atoms with Gasteiger partial charge in [0.2, 0.25) is 35.3 Å². The van der Waals surface area contributed by atoms with Gasteiger partial charge >= 0.3 is 6.09 Å². The number of hydrogen-bond donors (Lipinski definition) is 6. The molecule has 4 rings (SSSR count). The zero-order valence-corrected chi connectivity index (χ0v) is 36.4. The van der Waals surface area contributed by atoms with Crippen LogP contribution in [0.4, 0.5) is 4.79 Å². The number of Topliss-reactive ketones (excluding diaryl/α,β-unsaturated/α-hetero) is 1. The van der Waals surface area contributed by atoms with Crippen LogP contribution in [0.2, 0.25) is 0 Å². The minimum atomic E-state index is -1.21. The Morgan fingerprint density at radius 3 is 2.07 bits per heavy atom. The molecule has 3 aliphatic rings. The van der Waals surface area contributed by atoms with Crippen LogP contribution in [-0.4, -0.2) is 102 Å². The molecule has 3 fully saturated rings. The fourth-order valence-corrected chi connectivity index (χ4v) is 8.95. The molecule has 8 atom stereocenters. The quantitative estimate of drug-likeness (QED) is 0.127. The van der Waals surface area contributed by atoms with Crippen LogP contribution in [0, 0.1) is 17.3 Å². The summed E-state index contributed by atoms with van der Waals surface area (Å²) in [6.45, 7) is 10.1. The molecular weight excluding hydrogens is 771 g/mol. The van der Waals surface area contributed by atoms with Crippen molar-refractivity contribution in [3.05, 3.63) is 35.9 Å². The van der Waals surface area contributed by atoms with Gasteiger partial charge in [-0.2, -0.15) is 0 Å². The maximum Gasteiger partial charge on any atom is 0.406 e. The number of carbonyl (C=O) groups excluding carboxylic acids is 8. The number of nitrogens with one attached hydrogen (secondary N) is 6. The second kappa shape index (κ2) is 22.0. The Morgan fingerprint density at radius 1 is 0.800 bits per heavy atom. The molecule has 0 radical (unpaired) electrons.